The molecule has 0 amide bonds. The van der Waals surface area contributed by atoms with Crippen molar-refractivity contribution in [2.75, 3.05) is 20.8 Å². The zero-order valence-corrected chi connectivity index (χ0v) is 12.3. The quantitative estimate of drug-likeness (QED) is 0.826. The number of hydrogen-bond acceptors (Lipinski definition) is 4. The topological polar surface area (TPSA) is 47.9 Å². The molecule has 0 bridgehead atoms. The first-order valence-corrected chi connectivity index (χ1v) is 6.51. The van der Waals surface area contributed by atoms with Crippen molar-refractivity contribution < 1.29 is 19.3 Å². The SMILES string of the molecule is COc1ccc(C(O)COC(C)C(C)C)c(OC)c1. The number of hydrogen-bond donors (Lipinski definition) is 1. The van der Waals surface area contributed by atoms with Crippen LogP contribution in [-0.2, 0) is 4.74 Å². The molecule has 0 aliphatic carbocycles. The van der Waals surface area contributed by atoms with Crippen LogP contribution >= 0.6 is 0 Å². The standard InChI is InChI=1S/C15H24O4/c1-10(2)11(3)19-9-14(16)13-7-6-12(17-4)8-15(13)18-5/h6-8,10-11,14,16H,9H2,1-5H3. The Balaban J connectivity index is 2.73. The lowest BCUT2D eigenvalue weighted by Crippen LogP contribution is -2.19. The smallest absolute Gasteiger partial charge is 0.128 e. The minimum Gasteiger partial charge on any atom is -0.497 e. The normalized spacial score (nSPS) is 14.3. The molecule has 1 aromatic carbocycles. The second-order valence-electron chi connectivity index (χ2n) is 4.91. The minimum absolute atomic E-state index is 0.110. The summed E-state index contributed by atoms with van der Waals surface area (Å²) in [6.07, 6.45) is -0.596. The zero-order valence-electron chi connectivity index (χ0n) is 12.3. The summed E-state index contributed by atoms with van der Waals surface area (Å²) in [5.41, 5.74) is 0.708. The first kappa shape index (κ1) is 15.8. The number of benzene rings is 1. The van der Waals surface area contributed by atoms with Gasteiger partial charge in [-0.15, -0.1) is 0 Å². The monoisotopic (exact) mass is 268 g/mol. The van der Waals surface area contributed by atoms with E-state index in [4.69, 9.17) is 14.2 Å². The highest BCUT2D eigenvalue weighted by atomic mass is 16.5. The van der Waals surface area contributed by atoms with E-state index in [0.717, 1.165) is 0 Å². The van der Waals surface area contributed by atoms with Crippen molar-refractivity contribution in [2.45, 2.75) is 33.0 Å². The van der Waals surface area contributed by atoms with Gasteiger partial charge in [0, 0.05) is 11.6 Å². The predicted molar refractivity (Wildman–Crippen MR) is 74.8 cm³/mol. The van der Waals surface area contributed by atoms with Gasteiger partial charge >= 0.3 is 0 Å². The molecule has 1 N–H and O–H groups in total. The van der Waals surface area contributed by atoms with E-state index in [9.17, 15) is 5.11 Å². The number of aliphatic hydroxyl groups excluding tert-OH is 1. The van der Waals surface area contributed by atoms with Crippen LogP contribution < -0.4 is 9.47 Å². The number of aliphatic hydroxyl groups is 1. The lowest BCUT2D eigenvalue weighted by atomic mass is 10.1. The van der Waals surface area contributed by atoms with Crippen molar-refractivity contribution in [3.05, 3.63) is 23.8 Å². The summed E-state index contributed by atoms with van der Waals surface area (Å²) in [5, 5.41) is 10.2. The summed E-state index contributed by atoms with van der Waals surface area (Å²) < 4.78 is 16.0. The molecular formula is C15H24O4. The Kier molecular flexibility index (Phi) is 6.12. The third-order valence-corrected chi connectivity index (χ3v) is 3.26. The highest BCUT2D eigenvalue weighted by Crippen LogP contribution is 2.29. The maximum absolute atomic E-state index is 10.2. The van der Waals surface area contributed by atoms with E-state index in [1.54, 1.807) is 32.4 Å². The van der Waals surface area contributed by atoms with Crippen LogP contribution in [0, 0.1) is 5.92 Å². The zero-order chi connectivity index (χ0) is 14.4. The molecular weight excluding hydrogens is 244 g/mol. The van der Waals surface area contributed by atoms with Gasteiger partial charge in [0.05, 0.1) is 26.9 Å². The van der Waals surface area contributed by atoms with E-state index >= 15 is 0 Å². The number of ether oxygens (including phenoxy) is 3. The van der Waals surface area contributed by atoms with E-state index < -0.39 is 6.10 Å². The fourth-order valence-electron chi connectivity index (χ4n) is 1.62. The summed E-state index contributed by atoms with van der Waals surface area (Å²) in [4.78, 5) is 0. The van der Waals surface area contributed by atoms with Crippen LogP contribution in [-0.4, -0.2) is 32.0 Å². The molecule has 0 heterocycles. The molecule has 0 aliphatic rings. The van der Waals surface area contributed by atoms with E-state index in [-0.39, 0.29) is 12.7 Å². The number of rotatable bonds is 7. The molecule has 0 aliphatic heterocycles. The minimum atomic E-state index is -0.706. The van der Waals surface area contributed by atoms with Gasteiger partial charge in [-0.1, -0.05) is 13.8 Å². The van der Waals surface area contributed by atoms with Gasteiger partial charge in [-0.3, -0.25) is 0 Å². The largest absolute Gasteiger partial charge is 0.497 e. The lowest BCUT2D eigenvalue weighted by Gasteiger charge is -2.20. The Morgan fingerprint density at radius 1 is 1.11 bits per heavy atom. The fourth-order valence-corrected chi connectivity index (χ4v) is 1.62. The van der Waals surface area contributed by atoms with Crippen LogP contribution in [0.25, 0.3) is 0 Å². The summed E-state index contributed by atoms with van der Waals surface area (Å²) in [7, 11) is 3.17. The Labute approximate surface area is 115 Å². The first-order valence-electron chi connectivity index (χ1n) is 6.51. The Morgan fingerprint density at radius 2 is 1.79 bits per heavy atom. The molecule has 1 aromatic rings. The van der Waals surface area contributed by atoms with E-state index in [0.29, 0.717) is 23.0 Å². The van der Waals surface area contributed by atoms with Crippen LogP contribution in [0.2, 0.25) is 0 Å². The molecule has 0 radical (unpaired) electrons. The molecule has 4 heteroatoms. The first-order chi connectivity index (χ1) is 8.99. The predicted octanol–water partition coefficient (Wildman–Crippen LogP) is 2.80. The molecule has 0 fully saturated rings. The molecule has 0 aromatic heterocycles. The molecule has 2 unspecified atom stereocenters. The maximum atomic E-state index is 10.2. The second kappa shape index (κ2) is 7.36. The molecule has 1 rings (SSSR count). The maximum Gasteiger partial charge on any atom is 0.128 e. The van der Waals surface area contributed by atoms with Gasteiger partial charge in [0.2, 0.25) is 0 Å². The van der Waals surface area contributed by atoms with Gasteiger partial charge in [-0.2, -0.15) is 0 Å². The molecule has 0 saturated heterocycles. The fraction of sp³-hybridized carbons (Fsp3) is 0.600. The van der Waals surface area contributed by atoms with Gasteiger partial charge in [0.25, 0.3) is 0 Å². The van der Waals surface area contributed by atoms with Crippen LogP contribution in [0.15, 0.2) is 18.2 Å². The van der Waals surface area contributed by atoms with Crippen molar-refractivity contribution in [1.82, 2.24) is 0 Å². The highest BCUT2D eigenvalue weighted by Gasteiger charge is 2.16. The van der Waals surface area contributed by atoms with Crippen molar-refractivity contribution >= 4 is 0 Å². The Hall–Kier alpha value is -1.26. The molecule has 2 atom stereocenters. The van der Waals surface area contributed by atoms with Crippen LogP contribution in [0.5, 0.6) is 11.5 Å². The van der Waals surface area contributed by atoms with Crippen molar-refractivity contribution in [3.63, 3.8) is 0 Å². The summed E-state index contributed by atoms with van der Waals surface area (Å²) >= 11 is 0. The highest BCUT2D eigenvalue weighted by molar-refractivity contribution is 5.41. The lowest BCUT2D eigenvalue weighted by molar-refractivity contribution is -0.0212. The van der Waals surface area contributed by atoms with Gasteiger partial charge < -0.3 is 19.3 Å². The Morgan fingerprint density at radius 3 is 2.32 bits per heavy atom. The third-order valence-electron chi connectivity index (χ3n) is 3.26. The Bertz CT molecular complexity index is 390. The van der Waals surface area contributed by atoms with Crippen molar-refractivity contribution in [1.29, 1.82) is 0 Å². The van der Waals surface area contributed by atoms with E-state index in [2.05, 4.69) is 13.8 Å². The van der Waals surface area contributed by atoms with Gasteiger partial charge in [0.1, 0.15) is 17.6 Å². The molecule has 0 saturated carbocycles. The van der Waals surface area contributed by atoms with Crippen LogP contribution in [0.4, 0.5) is 0 Å². The summed E-state index contributed by atoms with van der Waals surface area (Å²) in [5.74, 6) is 1.72. The van der Waals surface area contributed by atoms with Crippen molar-refractivity contribution in [2.24, 2.45) is 5.92 Å². The second-order valence-corrected chi connectivity index (χ2v) is 4.91. The molecule has 4 nitrogen and oxygen atoms in total. The molecule has 0 spiro atoms. The third kappa shape index (κ3) is 4.40. The van der Waals surface area contributed by atoms with E-state index in [1.807, 2.05) is 6.92 Å². The average molecular weight is 268 g/mol. The van der Waals surface area contributed by atoms with Crippen LogP contribution in [0.1, 0.15) is 32.4 Å². The molecule has 19 heavy (non-hydrogen) atoms. The van der Waals surface area contributed by atoms with Gasteiger partial charge in [-0.05, 0) is 25.0 Å². The number of methoxy groups -OCH3 is 2. The van der Waals surface area contributed by atoms with Gasteiger partial charge in [0.15, 0.2) is 0 Å². The average Bonchev–Trinajstić information content (AvgIpc) is 2.43. The summed E-state index contributed by atoms with van der Waals surface area (Å²) in [6.45, 7) is 6.43. The van der Waals surface area contributed by atoms with Crippen molar-refractivity contribution in [3.8, 4) is 11.5 Å². The molecule has 108 valence electrons. The van der Waals surface area contributed by atoms with Crippen LogP contribution in [0.3, 0.4) is 0 Å². The van der Waals surface area contributed by atoms with E-state index in [1.165, 1.54) is 0 Å². The van der Waals surface area contributed by atoms with Gasteiger partial charge in [-0.25, -0.2) is 0 Å². The summed E-state index contributed by atoms with van der Waals surface area (Å²) in [6, 6.07) is 5.35.